The molecule has 1 aromatic carbocycles. The highest BCUT2D eigenvalue weighted by molar-refractivity contribution is 5.85. The summed E-state index contributed by atoms with van der Waals surface area (Å²) < 4.78 is 5.91. The van der Waals surface area contributed by atoms with Crippen molar-refractivity contribution in [3.8, 4) is 0 Å². The van der Waals surface area contributed by atoms with Crippen molar-refractivity contribution in [1.29, 1.82) is 0 Å². The Morgan fingerprint density at radius 2 is 2.29 bits per heavy atom. The van der Waals surface area contributed by atoms with Crippen LogP contribution in [0.4, 0.5) is 0 Å². The maximum atomic E-state index is 12.9. The largest absolute Gasteiger partial charge is 0.373 e. The van der Waals surface area contributed by atoms with E-state index in [4.69, 9.17) is 4.74 Å². The van der Waals surface area contributed by atoms with Gasteiger partial charge in [0.2, 0.25) is 0 Å². The summed E-state index contributed by atoms with van der Waals surface area (Å²) >= 11 is 0. The highest BCUT2D eigenvalue weighted by atomic mass is 16.5. The van der Waals surface area contributed by atoms with Crippen LogP contribution in [0, 0.1) is 5.41 Å². The molecule has 0 bridgehead atoms. The number of nitrogens with one attached hydrogen (secondary N) is 1. The molecule has 2 atom stereocenters. The van der Waals surface area contributed by atoms with Gasteiger partial charge in [0.25, 0.3) is 0 Å². The minimum absolute atomic E-state index is 0.0483. The Kier molecular flexibility index (Phi) is 4.41. The molecule has 1 N–H and O–H groups in total. The van der Waals surface area contributed by atoms with Gasteiger partial charge in [-0.3, -0.25) is 4.79 Å². The van der Waals surface area contributed by atoms with Crippen LogP contribution in [-0.2, 0) is 16.0 Å². The molecule has 2 aliphatic rings. The Morgan fingerprint density at radius 3 is 3.05 bits per heavy atom. The van der Waals surface area contributed by atoms with Crippen molar-refractivity contribution in [3.63, 3.8) is 0 Å². The first-order valence-corrected chi connectivity index (χ1v) is 8.18. The van der Waals surface area contributed by atoms with Crippen LogP contribution in [0.15, 0.2) is 24.3 Å². The van der Waals surface area contributed by atoms with E-state index in [1.54, 1.807) is 0 Å². The summed E-state index contributed by atoms with van der Waals surface area (Å²) in [4.78, 5) is 12.9. The van der Waals surface area contributed by atoms with Crippen molar-refractivity contribution >= 4 is 5.78 Å². The van der Waals surface area contributed by atoms with E-state index in [9.17, 15) is 4.79 Å². The van der Waals surface area contributed by atoms with Crippen LogP contribution in [0.2, 0.25) is 0 Å². The average Bonchev–Trinajstić information content (AvgIpc) is 2.56. The number of carbonyl (C=O) groups is 1. The first kappa shape index (κ1) is 14.7. The lowest BCUT2D eigenvalue weighted by Gasteiger charge is -2.37. The van der Waals surface area contributed by atoms with Crippen molar-refractivity contribution < 1.29 is 9.53 Å². The lowest BCUT2D eigenvalue weighted by molar-refractivity contribution is -0.133. The van der Waals surface area contributed by atoms with Gasteiger partial charge in [-0.15, -0.1) is 0 Å². The lowest BCUT2D eigenvalue weighted by Crippen LogP contribution is -2.45. The maximum Gasteiger partial charge on any atom is 0.143 e. The SMILES string of the molecule is CCC1(C(=O)CC2OCCc3ccccc32)CCCNC1. The van der Waals surface area contributed by atoms with E-state index in [0.717, 1.165) is 45.4 Å². The molecule has 2 heterocycles. The summed E-state index contributed by atoms with van der Waals surface area (Å²) in [6, 6.07) is 8.39. The maximum absolute atomic E-state index is 12.9. The Balaban J connectivity index is 1.76. The van der Waals surface area contributed by atoms with Gasteiger partial charge in [-0.2, -0.15) is 0 Å². The van der Waals surface area contributed by atoms with Crippen LogP contribution in [0.25, 0.3) is 0 Å². The van der Waals surface area contributed by atoms with E-state index in [1.807, 2.05) is 6.07 Å². The van der Waals surface area contributed by atoms with Crippen LogP contribution in [-0.4, -0.2) is 25.5 Å². The van der Waals surface area contributed by atoms with Gasteiger partial charge >= 0.3 is 0 Å². The lowest BCUT2D eigenvalue weighted by atomic mass is 9.72. The fourth-order valence-electron chi connectivity index (χ4n) is 3.74. The van der Waals surface area contributed by atoms with Crippen molar-refractivity contribution in [2.45, 2.75) is 45.1 Å². The number of ketones is 1. The predicted molar refractivity (Wildman–Crippen MR) is 83.3 cm³/mol. The number of hydrogen-bond acceptors (Lipinski definition) is 3. The molecular formula is C18H25NO2. The molecule has 2 aliphatic heterocycles. The van der Waals surface area contributed by atoms with Gasteiger partial charge in [-0.05, 0) is 43.4 Å². The highest BCUT2D eigenvalue weighted by Crippen LogP contribution is 2.37. The molecule has 0 spiro atoms. The number of fused-ring (bicyclic) bond motifs is 1. The summed E-state index contributed by atoms with van der Waals surface area (Å²) in [6.45, 7) is 4.74. The van der Waals surface area contributed by atoms with Gasteiger partial charge < -0.3 is 10.1 Å². The fraction of sp³-hybridized carbons (Fsp3) is 0.611. The Bertz CT molecular complexity index is 506. The fourth-order valence-corrected chi connectivity index (χ4v) is 3.74. The molecular weight excluding hydrogens is 262 g/mol. The average molecular weight is 287 g/mol. The number of rotatable bonds is 4. The first-order valence-electron chi connectivity index (χ1n) is 8.18. The number of hydrogen-bond donors (Lipinski definition) is 1. The third-order valence-corrected chi connectivity index (χ3v) is 5.20. The zero-order chi connectivity index (χ0) is 14.7. The summed E-state index contributed by atoms with van der Waals surface area (Å²) in [5.41, 5.74) is 2.38. The second-order valence-corrected chi connectivity index (χ2v) is 6.35. The molecule has 1 saturated heterocycles. The van der Waals surface area contributed by atoms with E-state index in [0.29, 0.717) is 12.2 Å². The van der Waals surface area contributed by atoms with Crippen LogP contribution in [0.5, 0.6) is 0 Å². The molecule has 3 rings (SSSR count). The van der Waals surface area contributed by atoms with Gasteiger partial charge in [-0.1, -0.05) is 31.2 Å². The topological polar surface area (TPSA) is 38.3 Å². The quantitative estimate of drug-likeness (QED) is 0.925. The molecule has 0 amide bonds. The summed E-state index contributed by atoms with van der Waals surface area (Å²) in [5.74, 6) is 0.374. The minimum atomic E-state index is -0.173. The standard InChI is InChI=1S/C18H25NO2/c1-2-18(9-5-10-19-13-18)17(20)12-16-15-7-4-3-6-14(15)8-11-21-16/h3-4,6-7,16,19H,2,5,8-13H2,1H3. The number of Topliss-reactive ketones (excluding diaryl/α,β-unsaturated/α-hetero) is 1. The zero-order valence-electron chi connectivity index (χ0n) is 12.9. The first-order chi connectivity index (χ1) is 10.2. The van der Waals surface area contributed by atoms with Crippen molar-refractivity contribution in [3.05, 3.63) is 35.4 Å². The minimum Gasteiger partial charge on any atom is -0.373 e. The van der Waals surface area contributed by atoms with E-state index in [2.05, 4.69) is 30.4 Å². The third-order valence-electron chi connectivity index (χ3n) is 5.20. The summed E-state index contributed by atoms with van der Waals surface area (Å²) in [7, 11) is 0. The number of benzene rings is 1. The predicted octanol–water partition coefficient (Wildman–Crippen LogP) is 3.04. The zero-order valence-corrected chi connectivity index (χ0v) is 12.9. The van der Waals surface area contributed by atoms with Crippen LogP contribution in [0.1, 0.15) is 49.8 Å². The van der Waals surface area contributed by atoms with E-state index < -0.39 is 0 Å². The molecule has 21 heavy (non-hydrogen) atoms. The summed E-state index contributed by atoms with van der Waals surface area (Å²) in [6.07, 6.45) is 4.47. The molecule has 0 aliphatic carbocycles. The normalized spacial score (nSPS) is 28.9. The van der Waals surface area contributed by atoms with E-state index in [-0.39, 0.29) is 11.5 Å². The Hall–Kier alpha value is -1.19. The van der Waals surface area contributed by atoms with Gasteiger partial charge in [0.05, 0.1) is 12.7 Å². The molecule has 3 heteroatoms. The van der Waals surface area contributed by atoms with Crippen molar-refractivity contribution in [2.75, 3.05) is 19.7 Å². The van der Waals surface area contributed by atoms with Gasteiger partial charge in [0.1, 0.15) is 5.78 Å². The Labute approximate surface area is 127 Å². The number of carbonyl (C=O) groups excluding carboxylic acids is 1. The monoisotopic (exact) mass is 287 g/mol. The van der Waals surface area contributed by atoms with Crippen molar-refractivity contribution in [1.82, 2.24) is 5.32 Å². The van der Waals surface area contributed by atoms with Crippen LogP contribution in [0.3, 0.4) is 0 Å². The van der Waals surface area contributed by atoms with Gasteiger partial charge in [-0.25, -0.2) is 0 Å². The van der Waals surface area contributed by atoms with E-state index in [1.165, 1.54) is 11.1 Å². The van der Waals surface area contributed by atoms with Crippen LogP contribution >= 0.6 is 0 Å². The smallest absolute Gasteiger partial charge is 0.143 e. The molecule has 1 fully saturated rings. The molecule has 0 radical (unpaired) electrons. The summed E-state index contributed by atoms with van der Waals surface area (Å²) in [5, 5.41) is 3.40. The molecule has 1 aromatic rings. The second kappa shape index (κ2) is 6.29. The molecule has 2 unspecified atom stereocenters. The van der Waals surface area contributed by atoms with E-state index >= 15 is 0 Å². The van der Waals surface area contributed by atoms with Crippen molar-refractivity contribution in [2.24, 2.45) is 5.41 Å². The number of piperidine rings is 1. The highest BCUT2D eigenvalue weighted by Gasteiger charge is 2.39. The molecule has 0 aromatic heterocycles. The van der Waals surface area contributed by atoms with Gasteiger partial charge in [0, 0.05) is 18.4 Å². The molecule has 114 valence electrons. The molecule has 3 nitrogen and oxygen atoms in total. The number of ether oxygens (including phenoxy) is 1. The van der Waals surface area contributed by atoms with Crippen LogP contribution < -0.4 is 5.32 Å². The van der Waals surface area contributed by atoms with Gasteiger partial charge in [0.15, 0.2) is 0 Å². The third kappa shape index (κ3) is 2.90. The Morgan fingerprint density at radius 1 is 1.43 bits per heavy atom. The molecule has 0 saturated carbocycles. The second-order valence-electron chi connectivity index (χ2n) is 6.35.